The summed E-state index contributed by atoms with van der Waals surface area (Å²) in [6.45, 7) is 2.46. The minimum atomic E-state index is -0.937. The fourth-order valence-electron chi connectivity index (χ4n) is 4.55. The van der Waals surface area contributed by atoms with Gasteiger partial charge in [0.15, 0.2) is 0 Å². The van der Waals surface area contributed by atoms with Gasteiger partial charge in [-0.3, -0.25) is 9.88 Å². The van der Waals surface area contributed by atoms with Crippen LogP contribution in [0.3, 0.4) is 0 Å². The van der Waals surface area contributed by atoms with Crippen LogP contribution in [0.25, 0.3) is 0 Å². The van der Waals surface area contributed by atoms with Crippen molar-refractivity contribution in [2.24, 2.45) is 0 Å². The number of methoxy groups -OCH3 is 1. The van der Waals surface area contributed by atoms with Crippen LogP contribution in [0.5, 0.6) is 11.5 Å². The Hall–Kier alpha value is -3.62. The number of carbonyl (C=O) groups is 1. The fourth-order valence-corrected chi connectivity index (χ4v) is 4.55. The number of hydrogen-bond acceptors (Lipinski definition) is 6. The highest BCUT2D eigenvalue weighted by Crippen LogP contribution is 2.34. The highest BCUT2D eigenvalue weighted by atomic mass is 16.5. The SMILES string of the molecule is COc1ccccc1COCCCOc1ccc(C2C(OCc3cccnc3)CCCN2C(=O)O)cc1. The largest absolute Gasteiger partial charge is 0.496 e. The second-order valence-corrected chi connectivity index (χ2v) is 8.91. The molecule has 1 fully saturated rings. The third-order valence-corrected chi connectivity index (χ3v) is 6.38. The van der Waals surface area contributed by atoms with Crippen LogP contribution in [0.15, 0.2) is 73.1 Å². The Bertz CT molecular complexity index is 1110. The lowest BCUT2D eigenvalue weighted by Crippen LogP contribution is -2.45. The molecule has 3 aromatic rings. The maximum atomic E-state index is 12.0. The van der Waals surface area contributed by atoms with E-state index in [0.29, 0.717) is 33.0 Å². The van der Waals surface area contributed by atoms with Crippen LogP contribution in [-0.4, -0.2) is 54.1 Å². The maximum absolute atomic E-state index is 12.0. The molecular formula is C29H34N2O6. The van der Waals surface area contributed by atoms with Crippen LogP contribution in [-0.2, 0) is 22.7 Å². The summed E-state index contributed by atoms with van der Waals surface area (Å²) in [6, 6.07) is 18.9. The van der Waals surface area contributed by atoms with E-state index in [4.69, 9.17) is 18.9 Å². The van der Waals surface area contributed by atoms with Gasteiger partial charge >= 0.3 is 6.09 Å². The van der Waals surface area contributed by atoms with E-state index >= 15 is 0 Å². The molecule has 0 spiro atoms. The van der Waals surface area contributed by atoms with E-state index in [1.54, 1.807) is 19.5 Å². The molecule has 1 aliphatic heterocycles. The summed E-state index contributed by atoms with van der Waals surface area (Å²) >= 11 is 0. The third-order valence-electron chi connectivity index (χ3n) is 6.38. The summed E-state index contributed by atoms with van der Waals surface area (Å²) in [7, 11) is 1.65. The van der Waals surface area contributed by atoms with Gasteiger partial charge in [0.1, 0.15) is 11.5 Å². The van der Waals surface area contributed by atoms with Crippen molar-refractivity contribution in [2.45, 2.75) is 44.6 Å². The number of benzene rings is 2. The van der Waals surface area contributed by atoms with Crippen molar-refractivity contribution in [2.75, 3.05) is 26.9 Å². The molecule has 1 N–H and O–H groups in total. The van der Waals surface area contributed by atoms with Gasteiger partial charge < -0.3 is 24.1 Å². The van der Waals surface area contributed by atoms with Crippen LogP contribution < -0.4 is 9.47 Å². The molecular weight excluding hydrogens is 472 g/mol. The first-order valence-electron chi connectivity index (χ1n) is 12.6. The summed E-state index contributed by atoms with van der Waals surface area (Å²) < 4.78 is 23.2. The van der Waals surface area contributed by atoms with Crippen molar-refractivity contribution in [3.8, 4) is 11.5 Å². The zero-order chi connectivity index (χ0) is 25.9. The van der Waals surface area contributed by atoms with Gasteiger partial charge in [-0.1, -0.05) is 36.4 Å². The Morgan fingerprint density at radius 1 is 1.05 bits per heavy atom. The molecule has 4 rings (SSSR count). The molecule has 8 nitrogen and oxygen atoms in total. The molecule has 8 heteroatoms. The van der Waals surface area contributed by atoms with Gasteiger partial charge in [-0.15, -0.1) is 0 Å². The van der Waals surface area contributed by atoms with Crippen molar-refractivity contribution < 1.29 is 28.8 Å². The predicted molar refractivity (Wildman–Crippen MR) is 139 cm³/mol. The molecule has 2 atom stereocenters. The van der Waals surface area contributed by atoms with Crippen molar-refractivity contribution >= 4 is 6.09 Å². The molecule has 0 radical (unpaired) electrons. The van der Waals surface area contributed by atoms with E-state index < -0.39 is 6.09 Å². The quantitative estimate of drug-likeness (QED) is 0.326. The predicted octanol–water partition coefficient (Wildman–Crippen LogP) is 5.48. The molecule has 37 heavy (non-hydrogen) atoms. The Balaban J connectivity index is 1.28. The van der Waals surface area contributed by atoms with Crippen molar-refractivity contribution in [3.63, 3.8) is 0 Å². The highest BCUT2D eigenvalue weighted by molar-refractivity contribution is 5.66. The normalized spacial score (nSPS) is 17.4. The fraction of sp³-hybridized carbons (Fsp3) is 0.379. The number of piperidine rings is 1. The van der Waals surface area contributed by atoms with Gasteiger partial charge in [0.2, 0.25) is 0 Å². The van der Waals surface area contributed by atoms with E-state index in [9.17, 15) is 9.90 Å². The Morgan fingerprint density at radius 3 is 2.65 bits per heavy atom. The number of rotatable bonds is 12. The van der Waals surface area contributed by atoms with Gasteiger partial charge in [0.05, 0.1) is 45.7 Å². The number of ether oxygens (including phenoxy) is 4. The molecule has 1 aliphatic rings. The topological polar surface area (TPSA) is 90.4 Å². The minimum absolute atomic E-state index is 0.239. The molecule has 0 aliphatic carbocycles. The second-order valence-electron chi connectivity index (χ2n) is 8.91. The lowest BCUT2D eigenvalue weighted by Gasteiger charge is -2.39. The molecule has 196 valence electrons. The number of likely N-dealkylation sites (tertiary alicyclic amines) is 1. The summed E-state index contributed by atoms with van der Waals surface area (Å²) in [5.41, 5.74) is 2.87. The summed E-state index contributed by atoms with van der Waals surface area (Å²) in [5, 5.41) is 9.83. The van der Waals surface area contributed by atoms with Gasteiger partial charge in [0, 0.05) is 30.9 Å². The first-order chi connectivity index (χ1) is 18.2. The lowest BCUT2D eigenvalue weighted by molar-refractivity contribution is -0.0452. The molecule has 0 saturated carbocycles. The number of para-hydroxylation sites is 1. The van der Waals surface area contributed by atoms with Gasteiger partial charge in [0.25, 0.3) is 0 Å². The molecule has 2 aromatic carbocycles. The summed E-state index contributed by atoms with van der Waals surface area (Å²) in [6.07, 6.45) is 4.62. The number of carboxylic acid groups (broad SMARTS) is 1. The first kappa shape index (κ1) is 26.4. The van der Waals surface area contributed by atoms with Crippen LogP contribution in [0.2, 0.25) is 0 Å². The van der Waals surface area contributed by atoms with E-state index in [1.807, 2.05) is 60.7 Å². The maximum Gasteiger partial charge on any atom is 0.407 e. The highest BCUT2D eigenvalue weighted by Gasteiger charge is 2.36. The average Bonchev–Trinajstić information content (AvgIpc) is 2.94. The van der Waals surface area contributed by atoms with Crippen molar-refractivity contribution in [3.05, 3.63) is 89.7 Å². The lowest BCUT2D eigenvalue weighted by atomic mass is 9.92. The molecule has 2 heterocycles. The third kappa shape index (κ3) is 7.44. The van der Waals surface area contributed by atoms with Crippen LogP contribution >= 0.6 is 0 Å². The first-order valence-corrected chi connectivity index (χ1v) is 12.6. The van der Waals surface area contributed by atoms with Gasteiger partial charge in [-0.05, 0) is 48.2 Å². The van der Waals surface area contributed by atoms with Crippen LogP contribution in [0, 0.1) is 0 Å². The Labute approximate surface area is 217 Å². The van der Waals surface area contributed by atoms with Crippen molar-refractivity contribution in [1.82, 2.24) is 9.88 Å². The summed E-state index contributed by atoms with van der Waals surface area (Å²) in [4.78, 5) is 17.6. The Morgan fingerprint density at radius 2 is 1.89 bits per heavy atom. The van der Waals surface area contributed by atoms with Crippen LogP contribution in [0.4, 0.5) is 4.79 Å². The van der Waals surface area contributed by atoms with Crippen LogP contribution in [0.1, 0.15) is 42.0 Å². The van der Waals surface area contributed by atoms with Gasteiger partial charge in [-0.2, -0.15) is 0 Å². The van der Waals surface area contributed by atoms with Crippen molar-refractivity contribution in [1.29, 1.82) is 0 Å². The summed E-state index contributed by atoms with van der Waals surface area (Å²) in [5.74, 6) is 1.56. The smallest absolute Gasteiger partial charge is 0.407 e. The zero-order valence-corrected chi connectivity index (χ0v) is 21.1. The molecule has 1 saturated heterocycles. The van der Waals surface area contributed by atoms with E-state index in [0.717, 1.165) is 47.5 Å². The molecule has 0 bridgehead atoms. The number of amides is 1. The monoisotopic (exact) mass is 506 g/mol. The number of pyridine rings is 1. The molecule has 2 unspecified atom stereocenters. The Kier molecular flexibility index (Phi) is 9.74. The number of aromatic nitrogens is 1. The number of nitrogens with zero attached hydrogens (tertiary/aromatic N) is 2. The van der Waals surface area contributed by atoms with E-state index in [2.05, 4.69) is 4.98 Å². The zero-order valence-electron chi connectivity index (χ0n) is 21.1. The second kappa shape index (κ2) is 13.6. The van der Waals surface area contributed by atoms with E-state index in [1.165, 1.54) is 4.90 Å². The molecule has 1 amide bonds. The standard InChI is InChI=1S/C29H34N2O6/c1-34-26-9-3-2-8-24(26)21-35-17-6-18-36-25-13-11-23(12-14-25)28-27(10-5-16-31(28)29(32)33)37-20-22-7-4-15-30-19-22/h2-4,7-9,11-15,19,27-28H,5-6,10,16-18,20-21H2,1H3,(H,32,33). The van der Waals surface area contributed by atoms with Gasteiger partial charge in [-0.25, -0.2) is 4.79 Å². The average molecular weight is 507 g/mol. The molecule has 1 aromatic heterocycles. The number of hydrogen-bond donors (Lipinski definition) is 1. The van der Waals surface area contributed by atoms with E-state index in [-0.39, 0.29) is 12.1 Å². The minimum Gasteiger partial charge on any atom is -0.496 e.